The largest absolute Gasteiger partial charge is 0.272 e. The van der Waals surface area contributed by atoms with Gasteiger partial charge >= 0.3 is 0 Å². The van der Waals surface area contributed by atoms with Gasteiger partial charge in [0.25, 0.3) is 5.91 Å². The number of nitrogens with one attached hydrogen (secondary N) is 1. The molecule has 0 bridgehead atoms. The first kappa shape index (κ1) is 16.9. The fraction of sp³-hybridized carbons (Fsp3) is 0.389. The molecule has 0 saturated heterocycles. The molecule has 122 valence electrons. The maximum absolute atomic E-state index is 12.1. The number of carbonyl (C=O) groups excluding carboxylic acids is 1. The van der Waals surface area contributed by atoms with E-state index in [9.17, 15) is 4.79 Å². The number of rotatable bonds is 3. The first-order valence-corrected chi connectivity index (χ1v) is 7.64. The van der Waals surface area contributed by atoms with Gasteiger partial charge in [-0.2, -0.15) is 10.2 Å². The Morgan fingerprint density at radius 2 is 1.83 bits per heavy atom. The van der Waals surface area contributed by atoms with E-state index in [1.54, 1.807) is 10.9 Å². The van der Waals surface area contributed by atoms with Crippen molar-refractivity contribution in [3.63, 3.8) is 0 Å². The standard InChI is InChI=1S/C18H24N4O/c1-12-16(13(2)22(6)21-12)11-19-20-17(23)14-7-9-15(10-8-14)18(3,4)5/h7-11H,1-6H3,(H,20,23)/b19-11-. The van der Waals surface area contributed by atoms with Gasteiger partial charge in [-0.05, 0) is 37.0 Å². The van der Waals surface area contributed by atoms with Gasteiger partial charge in [0.2, 0.25) is 0 Å². The molecule has 0 aliphatic rings. The van der Waals surface area contributed by atoms with E-state index in [0.717, 1.165) is 17.0 Å². The van der Waals surface area contributed by atoms with E-state index < -0.39 is 0 Å². The highest BCUT2D eigenvalue weighted by atomic mass is 16.2. The second kappa shape index (κ2) is 6.36. The van der Waals surface area contributed by atoms with Gasteiger partial charge in [-0.1, -0.05) is 32.9 Å². The van der Waals surface area contributed by atoms with Gasteiger partial charge in [0, 0.05) is 23.9 Å². The van der Waals surface area contributed by atoms with Crippen LogP contribution in [-0.2, 0) is 12.5 Å². The Hall–Kier alpha value is -2.43. The van der Waals surface area contributed by atoms with Crippen molar-refractivity contribution in [3.05, 3.63) is 52.3 Å². The van der Waals surface area contributed by atoms with Crippen LogP contribution in [0.2, 0.25) is 0 Å². The van der Waals surface area contributed by atoms with Crippen LogP contribution in [0.3, 0.4) is 0 Å². The summed E-state index contributed by atoms with van der Waals surface area (Å²) in [5, 5.41) is 8.36. The van der Waals surface area contributed by atoms with Crippen molar-refractivity contribution >= 4 is 12.1 Å². The molecule has 5 nitrogen and oxygen atoms in total. The van der Waals surface area contributed by atoms with Crippen LogP contribution >= 0.6 is 0 Å². The summed E-state index contributed by atoms with van der Waals surface area (Å²) in [4.78, 5) is 12.1. The molecular weight excluding hydrogens is 288 g/mol. The summed E-state index contributed by atoms with van der Waals surface area (Å²) < 4.78 is 1.80. The zero-order chi connectivity index (χ0) is 17.2. The van der Waals surface area contributed by atoms with E-state index in [0.29, 0.717) is 5.56 Å². The number of hydrogen-bond acceptors (Lipinski definition) is 3. The second-order valence-electron chi connectivity index (χ2n) is 6.73. The first-order chi connectivity index (χ1) is 10.7. The predicted molar refractivity (Wildman–Crippen MR) is 92.9 cm³/mol. The lowest BCUT2D eigenvalue weighted by atomic mass is 9.87. The van der Waals surface area contributed by atoms with Crippen LogP contribution in [0, 0.1) is 13.8 Å². The van der Waals surface area contributed by atoms with Crippen LogP contribution in [0.15, 0.2) is 29.4 Å². The van der Waals surface area contributed by atoms with Crippen LogP contribution in [0.1, 0.15) is 53.6 Å². The summed E-state index contributed by atoms with van der Waals surface area (Å²) in [5.41, 5.74) is 7.24. The lowest BCUT2D eigenvalue weighted by molar-refractivity contribution is 0.0955. The Morgan fingerprint density at radius 1 is 1.22 bits per heavy atom. The van der Waals surface area contributed by atoms with Crippen molar-refractivity contribution in [1.82, 2.24) is 15.2 Å². The van der Waals surface area contributed by atoms with Crippen molar-refractivity contribution in [1.29, 1.82) is 0 Å². The van der Waals surface area contributed by atoms with Gasteiger partial charge in [0.1, 0.15) is 0 Å². The lowest BCUT2D eigenvalue weighted by Gasteiger charge is -2.18. The predicted octanol–water partition coefficient (Wildman–Crippen LogP) is 3.10. The summed E-state index contributed by atoms with van der Waals surface area (Å²) in [7, 11) is 1.88. The number of hydrogen-bond donors (Lipinski definition) is 1. The summed E-state index contributed by atoms with van der Waals surface area (Å²) in [5.74, 6) is -0.221. The molecule has 5 heteroatoms. The van der Waals surface area contributed by atoms with Crippen molar-refractivity contribution in [2.24, 2.45) is 12.1 Å². The molecule has 0 atom stereocenters. The fourth-order valence-electron chi connectivity index (χ4n) is 2.32. The van der Waals surface area contributed by atoms with Crippen molar-refractivity contribution in [3.8, 4) is 0 Å². The van der Waals surface area contributed by atoms with E-state index in [1.807, 2.05) is 45.2 Å². The van der Waals surface area contributed by atoms with Crippen LogP contribution < -0.4 is 5.43 Å². The maximum Gasteiger partial charge on any atom is 0.271 e. The minimum absolute atomic E-state index is 0.0719. The molecule has 0 aliphatic carbocycles. The molecular formula is C18H24N4O. The second-order valence-corrected chi connectivity index (χ2v) is 6.73. The third kappa shape index (κ3) is 3.86. The summed E-state index contributed by atoms with van der Waals surface area (Å²) in [6, 6.07) is 7.61. The smallest absolute Gasteiger partial charge is 0.271 e. The number of nitrogens with zero attached hydrogens (tertiary/aromatic N) is 3. The van der Waals surface area contributed by atoms with Gasteiger partial charge < -0.3 is 0 Å². The third-order valence-corrected chi connectivity index (χ3v) is 3.94. The number of aryl methyl sites for hydroxylation is 2. The number of hydrazone groups is 1. The van der Waals surface area contributed by atoms with Crippen LogP contribution in [-0.4, -0.2) is 21.9 Å². The minimum Gasteiger partial charge on any atom is -0.272 e. The molecule has 1 heterocycles. The highest BCUT2D eigenvalue weighted by Gasteiger charge is 2.14. The zero-order valence-electron chi connectivity index (χ0n) is 14.6. The normalized spacial score (nSPS) is 11.9. The van der Waals surface area contributed by atoms with Gasteiger partial charge in [0.05, 0.1) is 11.9 Å². The highest BCUT2D eigenvalue weighted by molar-refractivity contribution is 5.95. The molecule has 1 amide bonds. The van der Waals surface area contributed by atoms with E-state index in [1.165, 1.54) is 5.56 Å². The molecule has 2 aromatic rings. The van der Waals surface area contributed by atoms with Gasteiger partial charge in [-0.3, -0.25) is 9.48 Å². The van der Waals surface area contributed by atoms with Crippen molar-refractivity contribution < 1.29 is 4.79 Å². The number of amides is 1. The van der Waals surface area contributed by atoms with Gasteiger partial charge in [-0.15, -0.1) is 0 Å². The molecule has 0 saturated carbocycles. The molecule has 0 radical (unpaired) electrons. The Labute approximate surface area is 137 Å². The van der Waals surface area contributed by atoms with Crippen molar-refractivity contribution in [2.45, 2.75) is 40.0 Å². The molecule has 1 aromatic heterocycles. The average Bonchev–Trinajstić information content (AvgIpc) is 2.72. The molecule has 1 aromatic carbocycles. The molecule has 1 N–H and O–H groups in total. The number of carbonyl (C=O) groups is 1. The molecule has 23 heavy (non-hydrogen) atoms. The van der Waals surface area contributed by atoms with E-state index >= 15 is 0 Å². The topological polar surface area (TPSA) is 59.3 Å². The van der Waals surface area contributed by atoms with Crippen LogP contribution in [0.4, 0.5) is 0 Å². The average molecular weight is 312 g/mol. The first-order valence-electron chi connectivity index (χ1n) is 7.64. The van der Waals surface area contributed by atoms with Gasteiger partial charge in [-0.25, -0.2) is 5.43 Å². The van der Waals surface area contributed by atoms with Crippen molar-refractivity contribution in [2.75, 3.05) is 0 Å². The lowest BCUT2D eigenvalue weighted by Crippen LogP contribution is -2.18. The fourth-order valence-corrected chi connectivity index (χ4v) is 2.32. The number of benzene rings is 1. The minimum atomic E-state index is -0.221. The highest BCUT2D eigenvalue weighted by Crippen LogP contribution is 2.22. The SMILES string of the molecule is Cc1nn(C)c(C)c1/C=N\NC(=O)c1ccc(C(C)(C)C)cc1. The monoisotopic (exact) mass is 312 g/mol. The number of aromatic nitrogens is 2. The van der Waals surface area contributed by atoms with E-state index in [2.05, 4.69) is 36.4 Å². The van der Waals surface area contributed by atoms with Crippen LogP contribution in [0.25, 0.3) is 0 Å². The zero-order valence-corrected chi connectivity index (χ0v) is 14.6. The summed E-state index contributed by atoms with van der Waals surface area (Å²) >= 11 is 0. The molecule has 0 fully saturated rings. The van der Waals surface area contributed by atoms with E-state index in [-0.39, 0.29) is 11.3 Å². The third-order valence-electron chi connectivity index (χ3n) is 3.94. The van der Waals surface area contributed by atoms with Gasteiger partial charge in [0.15, 0.2) is 0 Å². The summed E-state index contributed by atoms with van der Waals surface area (Å²) in [6.07, 6.45) is 1.64. The molecule has 0 spiro atoms. The Morgan fingerprint density at radius 3 is 2.30 bits per heavy atom. The Bertz CT molecular complexity index is 734. The molecule has 0 aliphatic heterocycles. The summed E-state index contributed by atoms with van der Waals surface area (Å²) in [6.45, 7) is 10.3. The molecule has 2 rings (SSSR count). The van der Waals surface area contributed by atoms with Crippen LogP contribution in [0.5, 0.6) is 0 Å². The Balaban J connectivity index is 2.06. The Kier molecular flexibility index (Phi) is 4.68. The van der Waals surface area contributed by atoms with E-state index in [4.69, 9.17) is 0 Å². The molecule has 0 unspecified atom stereocenters. The maximum atomic E-state index is 12.1. The quantitative estimate of drug-likeness (QED) is 0.699.